The zero-order valence-electron chi connectivity index (χ0n) is 9.68. The van der Waals surface area contributed by atoms with Crippen molar-refractivity contribution in [3.05, 3.63) is 12.2 Å². The van der Waals surface area contributed by atoms with Crippen molar-refractivity contribution in [1.82, 2.24) is 0 Å². The van der Waals surface area contributed by atoms with Crippen LogP contribution in [0.5, 0.6) is 0 Å². The predicted molar refractivity (Wildman–Crippen MR) is 59.2 cm³/mol. The van der Waals surface area contributed by atoms with Gasteiger partial charge in [0, 0.05) is 0 Å². The molecule has 0 amide bonds. The van der Waals surface area contributed by atoms with Crippen LogP contribution < -0.4 is 0 Å². The highest BCUT2D eigenvalue weighted by Gasteiger charge is 2.48. The SMILES string of the molecule is CC1CC(C)(C)CC12CCC=CCO2. The van der Waals surface area contributed by atoms with Gasteiger partial charge in [0.15, 0.2) is 0 Å². The number of hydrogen-bond acceptors (Lipinski definition) is 1. The Balaban J connectivity index is 2.15. The van der Waals surface area contributed by atoms with E-state index in [2.05, 4.69) is 32.9 Å². The smallest absolute Gasteiger partial charge is 0.0720 e. The summed E-state index contributed by atoms with van der Waals surface area (Å²) in [6.45, 7) is 7.93. The van der Waals surface area contributed by atoms with E-state index in [4.69, 9.17) is 4.74 Å². The minimum Gasteiger partial charge on any atom is -0.371 e. The third kappa shape index (κ3) is 1.75. The van der Waals surface area contributed by atoms with E-state index < -0.39 is 0 Å². The first kappa shape index (κ1) is 10.2. The first-order chi connectivity index (χ1) is 6.54. The normalized spacial score (nSPS) is 41.5. The van der Waals surface area contributed by atoms with Gasteiger partial charge < -0.3 is 4.74 Å². The van der Waals surface area contributed by atoms with Crippen LogP contribution in [0.3, 0.4) is 0 Å². The van der Waals surface area contributed by atoms with Crippen molar-refractivity contribution in [3.63, 3.8) is 0 Å². The van der Waals surface area contributed by atoms with Crippen LogP contribution in [0, 0.1) is 11.3 Å². The van der Waals surface area contributed by atoms with Crippen molar-refractivity contribution >= 4 is 0 Å². The molecule has 2 rings (SSSR count). The lowest BCUT2D eigenvalue weighted by Gasteiger charge is -2.33. The van der Waals surface area contributed by atoms with Crippen LogP contribution in [0.25, 0.3) is 0 Å². The molecule has 0 radical (unpaired) electrons. The minimum absolute atomic E-state index is 0.188. The van der Waals surface area contributed by atoms with Gasteiger partial charge in [-0.15, -0.1) is 0 Å². The summed E-state index contributed by atoms with van der Waals surface area (Å²) in [5.74, 6) is 0.720. The second kappa shape index (κ2) is 3.37. The van der Waals surface area contributed by atoms with Gasteiger partial charge in [0.25, 0.3) is 0 Å². The highest BCUT2D eigenvalue weighted by atomic mass is 16.5. The summed E-state index contributed by atoms with van der Waals surface area (Å²) in [7, 11) is 0. The molecule has 0 saturated heterocycles. The van der Waals surface area contributed by atoms with E-state index in [1.807, 2.05) is 0 Å². The topological polar surface area (TPSA) is 9.23 Å². The molecule has 1 aliphatic carbocycles. The molecular weight excluding hydrogens is 172 g/mol. The van der Waals surface area contributed by atoms with Crippen LogP contribution in [0.15, 0.2) is 12.2 Å². The Morgan fingerprint density at radius 3 is 2.71 bits per heavy atom. The maximum atomic E-state index is 6.11. The van der Waals surface area contributed by atoms with Crippen molar-refractivity contribution in [2.45, 2.75) is 52.1 Å². The second-order valence-electron chi connectivity index (χ2n) is 5.83. The van der Waals surface area contributed by atoms with Crippen LogP contribution in [0.1, 0.15) is 46.5 Å². The fourth-order valence-corrected chi connectivity index (χ4v) is 3.40. The Morgan fingerprint density at radius 1 is 1.29 bits per heavy atom. The zero-order valence-corrected chi connectivity index (χ0v) is 9.68. The summed E-state index contributed by atoms with van der Waals surface area (Å²) in [6, 6.07) is 0. The molecule has 1 fully saturated rings. The van der Waals surface area contributed by atoms with E-state index in [-0.39, 0.29) is 5.60 Å². The lowest BCUT2D eigenvalue weighted by Crippen LogP contribution is -2.35. The molecule has 2 aliphatic rings. The average molecular weight is 194 g/mol. The largest absolute Gasteiger partial charge is 0.371 e. The number of hydrogen-bond donors (Lipinski definition) is 0. The summed E-state index contributed by atoms with van der Waals surface area (Å²) in [5, 5.41) is 0. The molecule has 1 saturated carbocycles. The van der Waals surface area contributed by atoms with E-state index in [0.29, 0.717) is 5.41 Å². The molecule has 2 atom stereocenters. The standard InChI is InChI=1S/C13H22O/c1-11-9-12(2,3)10-13(11)7-5-4-6-8-14-13/h4,6,11H,5,7-10H2,1-3H3. The van der Waals surface area contributed by atoms with E-state index >= 15 is 0 Å². The fourth-order valence-electron chi connectivity index (χ4n) is 3.40. The van der Waals surface area contributed by atoms with Crippen LogP contribution >= 0.6 is 0 Å². The first-order valence-corrected chi connectivity index (χ1v) is 5.83. The third-order valence-electron chi connectivity index (χ3n) is 3.90. The lowest BCUT2D eigenvalue weighted by atomic mass is 9.86. The Hall–Kier alpha value is -0.300. The van der Waals surface area contributed by atoms with Crippen LogP contribution in [0.2, 0.25) is 0 Å². The van der Waals surface area contributed by atoms with Gasteiger partial charge in [-0.25, -0.2) is 0 Å². The fraction of sp³-hybridized carbons (Fsp3) is 0.846. The van der Waals surface area contributed by atoms with Gasteiger partial charge in [-0.2, -0.15) is 0 Å². The van der Waals surface area contributed by atoms with Gasteiger partial charge in [0.1, 0.15) is 0 Å². The Bertz CT molecular complexity index is 230. The lowest BCUT2D eigenvalue weighted by molar-refractivity contribution is -0.0612. The molecule has 0 aromatic carbocycles. The average Bonchev–Trinajstić information content (AvgIpc) is 2.24. The van der Waals surface area contributed by atoms with Crippen molar-refractivity contribution in [1.29, 1.82) is 0 Å². The third-order valence-corrected chi connectivity index (χ3v) is 3.90. The van der Waals surface area contributed by atoms with Crippen molar-refractivity contribution in [2.24, 2.45) is 11.3 Å². The van der Waals surface area contributed by atoms with E-state index in [1.165, 1.54) is 25.7 Å². The quantitative estimate of drug-likeness (QED) is 0.536. The summed E-state index contributed by atoms with van der Waals surface area (Å²) in [4.78, 5) is 0. The minimum atomic E-state index is 0.188. The van der Waals surface area contributed by atoms with E-state index in [1.54, 1.807) is 0 Å². The molecule has 0 aromatic heterocycles. The monoisotopic (exact) mass is 194 g/mol. The molecule has 1 heterocycles. The molecule has 0 bridgehead atoms. The van der Waals surface area contributed by atoms with Gasteiger partial charge >= 0.3 is 0 Å². The number of rotatable bonds is 0. The van der Waals surface area contributed by atoms with E-state index in [0.717, 1.165) is 12.5 Å². The summed E-state index contributed by atoms with van der Waals surface area (Å²) >= 11 is 0. The molecule has 1 spiro atoms. The van der Waals surface area contributed by atoms with Crippen LogP contribution in [-0.4, -0.2) is 12.2 Å². The maximum absolute atomic E-state index is 6.11. The van der Waals surface area contributed by atoms with Crippen LogP contribution in [-0.2, 0) is 4.74 Å². The Morgan fingerprint density at radius 2 is 2.07 bits per heavy atom. The van der Waals surface area contributed by atoms with Crippen molar-refractivity contribution < 1.29 is 4.74 Å². The van der Waals surface area contributed by atoms with Gasteiger partial charge in [-0.1, -0.05) is 32.9 Å². The Kier molecular flexibility index (Phi) is 2.46. The number of allylic oxidation sites excluding steroid dienone is 1. The zero-order chi connectivity index (χ0) is 10.2. The maximum Gasteiger partial charge on any atom is 0.0720 e. The van der Waals surface area contributed by atoms with E-state index in [9.17, 15) is 0 Å². The summed E-state index contributed by atoms with van der Waals surface area (Å²) in [5.41, 5.74) is 0.663. The van der Waals surface area contributed by atoms with Crippen molar-refractivity contribution in [3.8, 4) is 0 Å². The van der Waals surface area contributed by atoms with Gasteiger partial charge in [-0.3, -0.25) is 0 Å². The van der Waals surface area contributed by atoms with Gasteiger partial charge in [-0.05, 0) is 37.0 Å². The van der Waals surface area contributed by atoms with Gasteiger partial charge in [0.05, 0.1) is 12.2 Å². The second-order valence-corrected chi connectivity index (χ2v) is 5.83. The summed E-state index contributed by atoms with van der Waals surface area (Å²) < 4.78 is 6.11. The van der Waals surface area contributed by atoms with Crippen LogP contribution in [0.4, 0.5) is 0 Å². The highest BCUT2D eigenvalue weighted by molar-refractivity contribution is 5.03. The molecular formula is C13H22O. The predicted octanol–water partition coefficient (Wildman–Crippen LogP) is 3.55. The highest BCUT2D eigenvalue weighted by Crippen LogP contribution is 2.51. The molecule has 1 aliphatic heterocycles. The molecule has 80 valence electrons. The molecule has 1 heteroatoms. The molecule has 14 heavy (non-hydrogen) atoms. The molecule has 1 nitrogen and oxygen atoms in total. The molecule has 2 unspecified atom stereocenters. The molecule has 0 aromatic rings. The Labute approximate surface area is 87.5 Å². The molecule has 0 N–H and O–H groups in total. The first-order valence-electron chi connectivity index (χ1n) is 5.83. The van der Waals surface area contributed by atoms with Crippen molar-refractivity contribution in [2.75, 3.05) is 6.61 Å². The summed E-state index contributed by atoms with van der Waals surface area (Å²) in [6.07, 6.45) is 9.41. The number of ether oxygens (including phenoxy) is 1. The van der Waals surface area contributed by atoms with Gasteiger partial charge in [0.2, 0.25) is 0 Å².